The number of pyridine rings is 1. The number of aromatic nitrogens is 1. The molecule has 142 valence electrons. The molecule has 0 aromatic carbocycles. The van der Waals surface area contributed by atoms with Crippen molar-refractivity contribution >= 4 is 6.09 Å². The van der Waals surface area contributed by atoms with E-state index in [-0.39, 0.29) is 6.61 Å². The Kier molecular flexibility index (Phi) is 9.83. The maximum atomic E-state index is 11.4. The molecule has 0 aliphatic heterocycles. The summed E-state index contributed by atoms with van der Waals surface area (Å²) in [5, 5.41) is 11.5. The zero-order chi connectivity index (χ0) is 18.5. The van der Waals surface area contributed by atoms with Crippen molar-refractivity contribution in [3.8, 4) is 5.75 Å². The van der Waals surface area contributed by atoms with E-state index in [4.69, 9.17) is 24.1 Å². The molecule has 0 fully saturated rings. The summed E-state index contributed by atoms with van der Waals surface area (Å²) in [6.45, 7) is 7.83. The van der Waals surface area contributed by atoms with E-state index in [0.717, 1.165) is 0 Å². The molecule has 1 rings (SSSR count). The first kappa shape index (κ1) is 21.1. The highest BCUT2D eigenvalue weighted by atomic mass is 16.6. The third kappa shape index (κ3) is 11.3. The van der Waals surface area contributed by atoms with Crippen molar-refractivity contribution in [2.45, 2.75) is 33.0 Å². The van der Waals surface area contributed by atoms with E-state index in [1.165, 1.54) is 0 Å². The fraction of sp³-hybridized carbons (Fsp3) is 0.647. The van der Waals surface area contributed by atoms with Gasteiger partial charge in [0, 0.05) is 6.54 Å². The summed E-state index contributed by atoms with van der Waals surface area (Å²) in [4.78, 5) is 15.4. The monoisotopic (exact) mass is 356 g/mol. The number of aliphatic hydroxyl groups excluding tert-OH is 1. The SMILES string of the molecule is CC(C)(C)OC(=O)NCCOCCOCCOc1ccc(CO)nc1. The largest absolute Gasteiger partial charge is 0.490 e. The van der Waals surface area contributed by atoms with Crippen LogP contribution in [0.25, 0.3) is 0 Å². The Morgan fingerprint density at radius 2 is 1.80 bits per heavy atom. The van der Waals surface area contributed by atoms with Crippen LogP contribution < -0.4 is 10.1 Å². The molecule has 0 aliphatic rings. The Labute approximate surface area is 148 Å². The normalized spacial score (nSPS) is 11.2. The first-order valence-corrected chi connectivity index (χ1v) is 8.21. The van der Waals surface area contributed by atoms with Crippen molar-refractivity contribution in [1.29, 1.82) is 0 Å². The average Bonchev–Trinajstić information content (AvgIpc) is 2.55. The number of hydrogen-bond acceptors (Lipinski definition) is 7. The Balaban J connectivity index is 1.91. The predicted octanol–water partition coefficient (Wildman–Crippen LogP) is 1.51. The van der Waals surface area contributed by atoms with Crippen LogP contribution in [-0.4, -0.2) is 61.4 Å². The number of carbonyl (C=O) groups is 1. The van der Waals surface area contributed by atoms with Crippen molar-refractivity contribution < 1.29 is 28.8 Å². The van der Waals surface area contributed by atoms with Crippen molar-refractivity contribution in [1.82, 2.24) is 10.3 Å². The molecule has 0 radical (unpaired) electrons. The van der Waals surface area contributed by atoms with Crippen molar-refractivity contribution in [3.05, 3.63) is 24.0 Å². The summed E-state index contributed by atoms with van der Waals surface area (Å²) < 4.78 is 21.2. The van der Waals surface area contributed by atoms with Gasteiger partial charge in [0.2, 0.25) is 0 Å². The molecule has 0 aliphatic carbocycles. The van der Waals surface area contributed by atoms with Gasteiger partial charge in [0.25, 0.3) is 0 Å². The summed E-state index contributed by atoms with van der Waals surface area (Å²) in [6, 6.07) is 3.45. The number of alkyl carbamates (subject to hydrolysis) is 1. The number of rotatable bonds is 11. The third-order valence-corrected chi connectivity index (χ3v) is 2.74. The molecule has 1 amide bonds. The van der Waals surface area contributed by atoms with E-state index >= 15 is 0 Å². The Hall–Kier alpha value is -1.90. The Bertz CT molecular complexity index is 487. The van der Waals surface area contributed by atoms with Crippen LogP contribution in [0.2, 0.25) is 0 Å². The van der Waals surface area contributed by atoms with Crippen molar-refractivity contribution in [2.24, 2.45) is 0 Å². The number of aliphatic hydroxyl groups is 1. The lowest BCUT2D eigenvalue weighted by Crippen LogP contribution is -2.34. The van der Waals surface area contributed by atoms with Gasteiger partial charge in [-0.3, -0.25) is 4.98 Å². The van der Waals surface area contributed by atoms with Crippen LogP contribution in [0.5, 0.6) is 5.75 Å². The maximum Gasteiger partial charge on any atom is 0.407 e. The first-order chi connectivity index (χ1) is 11.9. The zero-order valence-electron chi connectivity index (χ0n) is 15.1. The molecular weight excluding hydrogens is 328 g/mol. The van der Waals surface area contributed by atoms with Crippen LogP contribution in [-0.2, 0) is 20.8 Å². The topological polar surface area (TPSA) is 99.1 Å². The third-order valence-electron chi connectivity index (χ3n) is 2.74. The molecule has 0 atom stereocenters. The Morgan fingerprint density at radius 3 is 2.40 bits per heavy atom. The second kappa shape index (κ2) is 11.6. The molecule has 0 spiro atoms. The van der Waals surface area contributed by atoms with Gasteiger partial charge in [-0.15, -0.1) is 0 Å². The molecule has 0 saturated heterocycles. The lowest BCUT2D eigenvalue weighted by molar-refractivity contribution is 0.0327. The molecule has 1 heterocycles. The molecule has 25 heavy (non-hydrogen) atoms. The van der Waals surface area contributed by atoms with Gasteiger partial charge < -0.3 is 29.4 Å². The molecule has 0 bridgehead atoms. The van der Waals surface area contributed by atoms with Gasteiger partial charge in [-0.25, -0.2) is 4.79 Å². The highest BCUT2D eigenvalue weighted by molar-refractivity contribution is 5.67. The minimum absolute atomic E-state index is 0.0866. The molecule has 1 aromatic heterocycles. The fourth-order valence-corrected chi connectivity index (χ4v) is 1.67. The summed E-state index contributed by atoms with van der Waals surface area (Å²) in [5.74, 6) is 0.630. The molecule has 1 aromatic rings. The van der Waals surface area contributed by atoms with Gasteiger partial charge in [0.1, 0.15) is 18.0 Å². The number of nitrogens with one attached hydrogen (secondary N) is 1. The summed E-state index contributed by atoms with van der Waals surface area (Å²) in [7, 11) is 0. The second-order valence-corrected chi connectivity index (χ2v) is 6.15. The average molecular weight is 356 g/mol. The quantitative estimate of drug-likeness (QED) is 0.580. The lowest BCUT2D eigenvalue weighted by atomic mass is 10.2. The van der Waals surface area contributed by atoms with Gasteiger partial charge in [-0.05, 0) is 32.9 Å². The smallest absolute Gasteiger partial charge is 0.407 e. The molecular formula is C17H28N2O6. The van der Waals surface area contributed by atoms with E-state index < -0.39 is 11.7 Å². The predicted molar refractivity (Wildman–Crippen MR) is 91.5 cm³/mol. The van der Waals surface area contributed by atoms with Crippen molar-refractivity contribution in [3.63, 3.8) is 0 Å². The van der Waals surface area contributed by atoms with Gasteiger partial charge >= 0.3 is 6.09 Å². The minimum atomic E-state index is -0.502. The standard InChI is InChI=1S/C17H28N2O6/c1-17(2,3)25-16(21)18-6-7-22-8-9-23-10-11-24-15-5-4-14(13-20)19-12-15/h4-5,12,20H,6-11,13H2,1-3H3,(H,18,21). The van der Waals surface area contributed by atoms with Gasteiger partial charge in [-0.1, -0.05) is 0 Å². The molecule has 2 N–H and O–H groups in total. The van der Waals surface area contributed by atoms with Crippen LogP contribution in [0.1, 0.15) is 26.5 Å². The highest BCUT2D eigenvalue weighted by Crippen LogP contribution is 2.08. The highest BCUT2D eigenvalue weighted by Gasteiger charge is 2.15. The second-order valence-electron chi connectivity index (χ2n) is 6.15. The van der Waals surface area contributed by atoms with Gasteiger partial charge in [0.05, 0.1) is 44.9 Å². The van der Waals surface area contributed by atoms with E-state index in [0.29, 0.717) is 51.0 Å². The molecule has 0 unspecified atom stereocenters. The van der Waals surface area contributed by atoms with Crippen molar-refractivity contribution in [2.75, 3.05) is 39.6 Å². The minimum Gasteiger partial charge on any atom is -0.490 e. The van der Waals surface area contributed by atoms with E-state index in [2.05, 4.69) is 10.3 Å². The number of nitrogens with zero attached hydrogens (tertiary/aromatic N) is 1. The number of carbonyl (C=O) groups excluding carboxylic acids is 1. The number of hydrogen-bond donors (Lipinski definition) is 2. The Morgan fingerprint density at radius 1 is 1.12 bits per heavy atom. The van der Waals surface area contributed by atoms with Gasteiger partial charge in [0.15, 0.2) is 0 Å². The fourth-order valence-electron chi connectivity index (χ4n) is 1.67. The van der Waals surface area contributed by atoms with Crippen LogP contribution in [0.15, 0.2) is 18.3 Å². The van der Waals surface area contributed by atoms with E-state index in [1.54, 1.807) is 18.3 Å². The van der Waals surface area contributed by atoms with Crippen LogP contribution in [0, 0.1) is 0 Å². The van der Waals surface area contributed by atoms with Crippen LogP contribution in [0.3, 0.4) is 0 Å². The maximum absolute atomic E-state index is 11.4. The van der Waals surface area contributed by atoms with E-state index in [9.17, 15) is 4.79 Å². The van der Waals surface area contributed by atoms with E-state index in [1.807, 2.05) is 20.8 Å². The lowest BCUT2D eigenvalue weighted by Gasteiger charge is -2.19. The summed E-state index contributed by atoms with van der Waals surface area (Å²) in [6.07, 6.45) is 1.11. The van der Waals surface area contributed by atoms with Crippen LogP contribution in [0.4, 0.5) is 4.79 Å². The zero-order valence-corrected chi connectivity index (χ0v) is 15.1. The molecule has 8 heteroatoms. The first-order valence-electron chi connectivity index (χ1n) is 8.21. The van der Waals surface area contributed by atoms with Gasteiger partial charge in [-0.2, -0.15) is 0 Å². The summed E-state index contributed by atoms with van der Waals surface area (Å²) >= 11 is 0. The number of ether oxygens (including phenoxy) is 4. The number of amides is 1. The molecule has 0 saturated carbocycles. The molecule has 8 nitrogen and oxygen atoms in total. The summed E-state index contributed by atoms with van der Waals surface area (Å²) in [5.41, 5.74) is 0.0968. The van der Waals surface area contributed by atoms with Crippen LogP contribution >= 0.6 is 0 Å².